The lowest BCUT2D eigenvalue weighted by Crippen LogP contribution is -2.29. The molecule has 0 bridgehead atoms. The minimum Gasteiger partial charge on any atom is -0.354 e. The summed E-state index contributed by atoms with van der Waals surface area (Å²) in [5, 5.41) is 17.9. The molecule has 0 saturated heterocycles. The summed E-state index contributed by atoms with van der Waals surface area (Å²) in [6.45, 7) is 3.90. The lowest BCUT2D eigenvalue weighted by Gasteiger charge is -2.09. The number of aromatic nitrogens is 2. The van der Waals surface area contributed by atoms with Crippen LogP contribution in [0.15, 0.2) is 0 Å². The normalized spacial score (nSPS) is 15.2. The molecule has 0 spiro atoms. The van der Waals surface area contributed by atoms with Crippen LogP contribution in [0.4, 0.5) is 5.69 Å². The van der Waals surface area contributed by atoms with Crippen LogP contribution in [0.25, 0.3) is 0 Å². The first-order chi connectivity index (χ1) is 10.5. The van der Waals surface area contributed by atoms with Crippen LogP contribution >= 0.6 is 0 Å². The number of amides is 1. The van der Waals surface area contributed by atoms with Crippen LogP contribution in [0.3, 0.4) is 0 Å². The van der Waals surface area contributed by atoms with Crippen molar-refractivity contribution in [2.75, 3.05) is 6.54 Å². The summed E-state index contributed by atoms with van der Waals surface area (Å²) >= 11 is 0. The van der Waals surface area contributed by atoms with E-state index in [1.54, 1.807) is 13.8 Å². The maximum Gasteiger partial charge on any atom is 0.312 e. The monoisotopic (exact) mass is 308 g/mol. The van der Waals surface area contributed by atoms with Crippen molar-refractivity contribution in [2.24, 2.45) is 5.92 Å². The summed E-state index contributed by atoms with van der Waals surface area (Å²) < 4.78 is 1.40. The van der Waals surface area contributed by atoms with E-state index in [0.29, 0.717) is 17.9 Å². The van der Waals surface area contributed by atoms with E-state index in [4.69, 9.17) is 0 Å². The van der Waals surface area contributed by atoms with Crippen molar-refractivity contribution in [1.82, 2.24) is 15.1 Å². The highest BCUT2D eigenvalue weighted by Crippen LogP contribution is 2.28. The van der Waals surface area contributed by atoms with Gasteiger partial charge in [-0.15, -0.1) is 0 Å². The smallest absolute Gasteiger partial charge is 0.312 e. The number of nitrogens with one attached hydrogen (secondary N) is 1. The molecule has 1 aromatic rings. The van der Waals surface area contributed by atoms with Gasteiger partial charge in [-0.3, -0.25) is 19.6 Å². The second-order valence-corrected chi connectivity index (χ2v) is 6.08. The Hall–Kier alpha value is -1.92. The van der Waals surface area contributed by atoms with Gasteiger partial charge >= 0.3 is 5.69 Å². The third-order valence-electron chi connectivity index (χ3n) is 4.41. The minimum absolute atomic E-state index is 0.00552. The van der Waals surface area contributed by atoms with Gasteiger partial charge in [-0.25, -0.2) is 0 Å². The zero-order valence-corrected chi connectivity index (χ0v) is 13.3. The Kier molecular flexibility index (Phi) is 5.51. The summed E-state index contributed by atoms with van der Waals surface area (Å²) in [6.07, 6.45) is 7.49. The van der Waals surface area contributed by atoms with Gasteiger partial charge < -0.3 is 5.32 Å². The second-order valence-electron chi connectivity index (χ2n) is 6.08. The zero-order valence-electron chi connectivity index (χ0n) is 13.3. The van der Waals surface area contributed by atoms with Crippen molar-refractivity contribution in [3.63, 3.8) is 0 Å². The van der Waals surface area contributed by atoms with Gasteiger partial charge in [0.2, 0.25) is 5.91 Å². The Morgan fingerprint density at radius 3 is 2.68 bits per heavy atom. The summed E-state index contributed by atoms with van der Waals surface area (Å²) in [6, 6.07) is 0. The average Bonchev–Trinajstić information content (AvgIpc) is 3.04. The molecule has 0 unspecified atom stereocenters. The van der Waals surface area contributed by atoms with Gasteiger partial charge in [0.1, 0.15) is 17.9 Å². The number of nitro groups is 1. The summed E-state index contributed by atoms with van der Waals surface area (Å²) in [5.74, 6) is 0.683. The number of hydrogen-bond acceptors (Lipinski definition) is 4. The highest BCUT2D eigenvalue weighted by atomic mass is 16.6. The predicted molar refractivity (Wildman–Crippen MR) is 82.6 cm³/mol. The standard InChI is InChI=1S/C15H24N4O3/c1-11-15(19(21)22)12(2)18(17-11)10-14(20)16-9-5-8-13-6-3-4-7-13/h13H,3-10H2,1-2H3,(H,16,20). The number of nitrogens with zero attached hydrogens (tertiary/aromatic N) is 3. The van der Waals surface area contributed by atoms with Crippen molar-refractivity contribution >= 4 is 11.6 Å². The molecule has 1 aromatic heterocycles. The predicted octanol–water partition coefficient (Wildman–Crippen LogP) is 2.49. The molecule has 7 nitrogen and oxygen atoms in total. The fourth-order valence-corrected chi connectivity index (χ4v) is 3.22. The van der Waals surface area contributed by atoms with E-state index in [-0.39, 0.29) is 18.1 Å². The number of rotatable bonds is 7. The van der Waals surface area contributed by atoms with Gasteiger partial charge in [0.05, 0.1) is 4.92 Å². The number of hydrogen-bond donors (Lipinski definition) is 1. The van der Waals surface area contributed by atoms with E-state index in [1.807, 2.05) is 0 Å². The highest BCUT2D eigenvalue weighted by molar-refractivity contribution is 5.75. The Morgan fingerprint density at radius 1 is 1.41 bits per heavy atom. The molecular weight excluding hydrogens is 284 g/mol. The van der Waals surface area contributed by atoms with Gasteiger partial charge in [-0.2, -0.15) is 5.10 Å². The Bertz CT molecular complexity index is 547. The van der Waals surface area contributed by atoms with Crippen LogP contribution in [0.1, 0.15) is 49.9 Å². The van der Waals surface area contributed by atoms with Gasteiger partial charge in [-0.05, 0) is 32.6 Å². The first-order valence-corrected chi connectivity index (χ1v) is 7.94. The van der Waals surface area contributed by atoms with E-state index in [9.17, 15) is 14.9 Å². The fraction of sp³-hybridized carbons (Fsp3) is 0.733. The maximum absolute atomic E-state index is 11.9. The van der Waals surface area contributed by atoms with E-state index in [0.717, 1.165) is 12.3 Å². The Labute approximate surface area is 130 Å². The van der Waals surface area contributed by atoms with Gasteiger partial charge in [-0.1, -0.05) is 25.7 Å². The van der Waals surface area contributed by atoms with E-state index >= 15 is 0 Å². The molecule has 0 aromatic carbocycles. The molecule has 122 valence electrons. The molecule has 1 saturated carbocycles. The quantitative estimate of drug-likeness (QED) is 0.476. The second kappa shape index (κ2) is 7.38. The molecule has 22 heavy (non-hydrogen) atoms. The number of carbonyl (C=O) groups excluding carboxylic acids is 1. The zero-order chi connectivity index (χ0) is 16.1. The molecular formula is C15H24N4O3. The summed E-state index contributed by atoms with van der Waals surface area (Å²) in [4.78, 5) is 22.4. The minimum atomic E-state index is -0.451. The van der Waals surface area contributed by atoms with Crippen molar-refractivity contribution in [3.05, 3.63) is 21.5 Å². The molecule has 0 radical (unpaired) electrons. The lowest BCUT2D eigenvalue weighted by molar-refractivity contribution is -0.386. The van der Waals surface area contributed by atoms with E-state index in [1.165, 1.54) is 36.8 Å². The molecule has 1 aliphatic carbocycles. The third-order valence-corrected chi connectivity index (χ3v) is 4.41. The lowest BCUT2D eigenvalue weighted by atomic mass is 10.0. The maximum atomic E-state index is 11.9. The van der Waals surface area contributed by atoms with Crippen LogP contribution < -0.4 is 5.32 Å². The first kappa shape index (κ1) is 16.5. The SMILES string of the molecule is Cc1nn(CC(=O)NCCCC2CCCC2)c(C)c1[N+](=O)[O-]. The Morgan fingerprint density at radius 2 is 2.09 bits per heavy atom. The van der Waals surface area contributed by atoms with Crippen molar-refractivity contribution in [1.29, 1.82) is 0 Å². The van der Waals surface area contributed by atoms with E-state index < -0.39 is 4.92 Å². The molecule has 1 fully saturated rings. The average molecular weight is 308 g/mol. The van der Waals surface area contributed by atoms with E-state index in [2.05, 4.69) is 10.4 Å². The molecule has 0 atom stereocenters. The number of aryl methyl sites for hydroxylation is 1. The highest BCUT2D eigenvalue weighted by Gasteiger charge is 2.22. The molecule has 2 rings (SSSR count). The molecule has 7 heteroatoms. The molecule has 1 heterocycles. The number of carbonyl (C=O) groups is 1. The van der Waals surface area contributed by atoms with Crippen molar-refractivity contribution in [2.45, 2.75) is 58.9 Å². The van der Waals surface area contributed by atoms with Gasteiger partial charge in [0, 0.05) is 6.54 Å². The van der Waals surface area contributed by atoms with Crippen LogP contribution in [0.2, 0.25) is 0 Å². The summed E-state index contributed by atoms with van der Waals surface area (Å²) in [5.41, 5.74) is 0.758. The fourth-order valence-electron chi connectivity index (χ4n) is 3.22. The van der Waals surface area contributed by atoms with Crippen LogP contribution in [0, 0.1) is 29.9 Å². The molecule has 1 N–H and O–H groups in total. The van der Waals surface area contributed by atoms with Crippen LogP contribution in [0.5, 0.6) is 0 Å². The molecule has 0 aliphatic heterocycles. The first-order valence-electron chi connectivity index (χ1n) is 7.94. The van der Waals surface area contributed by atoms with Gasteiger partial charge in [0.25, 0.3) is 0 Å². The van der Waals surface area contributed by atoms with Crippen LogP contribution in [-0.4, -0.2) is 27.2 Å². The van der Waals surface area contributed by atoms with Crippen molar-refractivity contribution < 1.29 is 9.72 Å². The topological polar surface area (TPSA) is 90.1 Å². The Balaban J connectivity index is 1.77. The van der Waals surface area contributed by atoms with Crippen molar-refractivity contribution in [3.8, 4) is 0 Å². The third kappa shape index (κ3) is 4.05. The van der Waals surface area contributed by atoms with Crippen LogP contribution in [-0.2, 0) is 11.3 Å². The largest absolute Gasteiger partial charge is 0.354 e. The molecule has 1 amide bonds. The molecule has 1 aliphatic rings. The summed E-state index contributed by atoms with van der Waals surface area (Å²) in [7, 11) is 0. The van der Waals surface area contributed by atoms with Gasteiger partial charge in [0.15, 0.2) is 0 Å².